The molecule has 1 fully saturated rings. The fraction of sp³-hybridized carbons (Fsp3) is 0.833. The number of nitrogens with zero attached hydrogens (tertiary/aromatic N) is 3. The van der Waals surface area contributed by atoms with E-state index in [0.717, 1.165) is 28.7 Å². The molecule has 1 saturated carbocycles. The molecule has 2 rings (SSSR count). The lowest BCUT2D eigenvalue weighted by molar-refractivity contribution is 0.131. The molecular formula is C12H22N4OS2. The maximum atomic E-state index is 9.60. The Kier molecular flexibility index (Phi) is 5.05. The average Bonchev–Trinajstić information content (AvgIpc) is 2.87. The van der Waals surface area contributed by atoms with Crippen molar-refractivity contribution in [1.29, 1.82) is 0 Å². The number of aromatic nitrogens is 2. The van der Waals surface area contributed by atoms with Crippen molar-refractivity contribution in [2.45, 2.75) is 40.8 Å². The Balaban J connectivity index is 1.98. The summed E-state index contributed by atoms with van der Waals surface area (Å²) in [4.78, 5) is 1.98. The van der Waals surface area contributed by atoms with Crippen molar-refractivity contribution < 1.29 is 5.11 Å². The summed E-state index contributed by atoms with van der Waals surface area (Å²) in [6.07, 6.45) is 4.38. The van der Waals surface area contributed by atoms with Gasteiger partial charge in [0.2, 0.25) is 5.13 Å². The zero-order valence-corrected chi connectivity index (χ0v) is 13.4. The van der Waals surface area contributed by atoms with Gasteiger partial charge in [0.25, 0.3) is 0 Å². The largest absolute Gasteiger partial charge is 0.394 e. The predicted octanol–water partition coefficient (Wildman–Crippen LogP) is 1.59. The average molecular weight is 302 g/mol. The number of nitrogens with one attached hydrogen (secondary N) is 1. The van der Waals surface area contributed by atoms with Crippen molar-refractivity contribution in [1.82, 2.24) is 15.5 Å². The van der Waals surface area contributed by atoms with Gasteiger partial charge in [-0.3, -0.25) is 0 Å². The van der Waals surface area contributed by atoms with E-state index in [2.05, 4.69) is 15.5 Å². The minimum atomic E-state index is -0.106. The highest BCUT2D eigenvalue weighted by atomic mass is 32.2. The quantitative estimate of drug-likeness (QED) is 0.861. The maximum Gasteiger partial charge on any atom is 0.208 e. The van der Waals surface area contributed by atoms with Gasteiger partial charge in [0.15, 0.2) is 4.34 Å². The first kappa shape index (κ1) is 15.0. The van der Waals surface area contributed by atoms with E-state index in [0.29, 0.717) is 5.25 Å². The molecule has 108 valence electrons. The molecule has 0 saturated heterocycles. The third kappa shape index (κ3) is 3.59. The Morgan fingerprint density at radius 2 is 2.32 bits per heavy atom. The van der Waals surface area contributed by atoms with Crippen LogP contribution in [-0.2, 0) is 0 Å². The molecule has 0 spiro atoms. The molecule has 0 aliphatic heterocycles. The molecule has 2 atom stereocenters. The van der Waals surface area contributed by atoms with Gasteiger partial charge in [-0.2, -0.15) is 0 Å². The lowest BCUT2D eigenvalue weighted by atomic mass is 9.82. The van der Waals surface area contributed by atoms with E-state index in [1.165, 1.54) is 6.42 Å². The van der Waals surface area contributed by atoms with E-state index < -0.39 is 0 Å². The van der Waals surface area contributed by atoms with E-state index in [4.69, 9.17) is 0 Å². The highest BCUT2D eigenvalue weighted by Gasteiger charge is 2.35. The van der Waals surface area contributed by atoms with Crippen molar-refractivity contribution in [3.8, 4) is 0 Å². The predicted molar refractivity (Wildman–Crippen MR) is 81.2 cm³/mol. The normalized spacial score (nSPS) is 27.5. The van der Waals surface area contributed by atoms with Gasteiger partial charge in [-0.05, 0) is 26.3 Å². The standard InChI is InChI=1S/C12H22N4OS2/c1-13-12(8-17)6-4-5-9(7-12)18-11-15-14-10(19-11)16(2)3/h9,13,17H,4-8H2,1-3H3. The highest BCUT2D eigenvalue weighted by molar-refractivity contribution is 8.01. The van der Waals surface area contributed by atoms with Crippen molar-refractivity contribution in [3.63, 3.8) is 0 Å². The van der Waals surface area contributed by atoms with Crippen LogP contribution in [0.4, 0.5) is 5.13 Å². The molecule has 2 unspecified atom stereocenters. The molecule has 1 aromatic rings. The number of aliphatic hydroxyl groups is 1. The second kappa shape index (κ2) is 6.39. The van der Waals surface area contributed by atoms with E-state index in [1.807, 2.05) is 26.0 Å². The van der Waals surface area contributed by atoms with Crippen LogP contribution in [-0.4, -0.2) is 53.8 Å². The van der Waals surface area contributed by atoms with Gasteiger partial charge in [0, 0.05) is 24.9 Å². The molecule has 5 nitrogen and oxygen atoms in total. The molecule has 0 amide bonds. The Labute approximate surface area is 122 Å². The van der Waals surface area contributed by atoms with Gasteiger partial charge in [-0.25, -0.2) is 0 Å². The smallest absolute Gasteiger partial charge is 0.208 e. The van der Waals surface area contributed by atoms with Gasteiger partial charge >= 0.3 is 0 Å². The van der Waals surface area contributed by atoms with Crippen LogP contribution in [0.25, 0.3) is 0 Å². The molecule has 0 bridgehead atoms. The van der Waals surface area contributed by atoms with Gasteiger partial charge < -0.3 is 15.3 Å². The zero-order chi connectivity index (χ0) is 13.9. The number of aliphatic hydroxyl groups excluding tert-OH is 1. The highest BCUT2D eigenvalue weighted by Crippen LogP contribution is 2.39. The Morgan fingerprint density at radius 3 is 2.89 bits per heavy atom. The van der Waals surface area contributed by atoms with Crippen LogP contribution in [0.1, 0.15) is 25.7 Å². The fourth-order valence-electron chi connectivity index (χ4n) is 2.43. The number of hydrogen-bond acceptors (Lipinski definition) is 7. The van der Waals surface area contributed by atoms with Crippen LogP contribution >= 0.6 is 23.1 Å². The summed E-state index contributed by atoms with van der Waals surface area (Å²) in [7, 11) is 5.90. The molecular weight excluding hydrogens is 280 g/mol. The monoisotopic (exact) mass is 302 g/mol. The number of thioether (sulfide) groups is 1. The van der Waals surface area contributed by atoms with Crippen LogP contribution in [0.2, 0.25) is 0 Å². The Bertz CT molecular complexity index is 406. The van der Waals surface area contributed by atoms with E-state index in [9.17, 15) is 5.11 Å². The summed E-state index contributed by atoms with van der Waals surface area (Å²) in [6.45, 7) is 0.208. The van der Waals surface area contributed by atoms with Gasteiger partial charge in [-0.15, -0.1) is 10.2 Å². The van der Waals surface area contributed by atoms with Crippen molar-refractivity contribution in [3.05, 3.63) is 0 Å². The Morgan fingerprint density at radius 1 is 1.53 bits per heavy atom. The number of likely N-dealkylation sites (N-methyl/N-ethyl adjacent to an activating group) is 1. The molecule has 1 aliphatic rings. The topological polar surface area (TPSA) is 61.3 Å². The van der Waals surface area contributed by atoms with Crippen molar-refractivity contribution >= 4 is 28.2 Å². The van der Waals surface area contributed by atoms with Crippen molar-refractivity contribution in [2.24, 2.45) is 0 Å². The summed E-state index contributed by atoms with van der Waals surface area (Å²) in [5.41, 5.74) is -0.106. The molecule has 1 heterocycles. The van der Waals surface area contributed by atoms with Crippen LogP contribution in [0.3, 0.4) is 0 Å². The van der Waals surface area contributed by atoms with E-state index >= 15 is 0 Å². The van der Waals surface area contributed by atoms with Gasteiger partial charge in [0.05, 0.1) is 6.61 Å². The van der Waals surface area contributed by atoms with Crippen LogP contribution in [0, 0.1) is 0 Å². The summed E-state index contributed by atoms with van der Waals surface area (Å²) in [5, 5.41) is 22.8. The molecule has 19 heavy (non-hydrogen) atoms. The second-order valence-electron chi connectivity index (χ2n) is 5.27. The van der Waals surface area contributed by atoms with Gasteiger partial charge in [0.1, 0.15) is 0 Å². The van der Waals surface area contributed by atoms with Crippen LogP contribution in [0.5, 0.6) is 0 Å². The first-order valence-corrected chi connectivity index (χ1v) is 8.25. The molecule has 1 aliphatic carbocycles. The lowest BCUT2D eigenvalue weighted by Crippen LogP contribution is -2.50. The summed E-state index contributed by atoms with van der Waals surface area (Å²) < 4.78 is 1.03. The molecule has 2 N–H and O–H groups in total. The first-order valence-electron chi connectivity index (χ1n) is 6.56. The third-order valence-corrected chi connectivity index (χ3v) is 6.12. The summed E-state index contributed by atoms with van der Waals surface area (Å²) >= 11 is 3.44. The fourth-order valence-corrected chi connectivity index (χ4v) is 4.82. The maximum absolute atomic E-state index is 9.60. The van der Waals surface area contributed by atoms with Gasteiger partial charge in [-0.1, -0.05) is 29.5 Å². The third-order valence-electron chi connectivity index (χ3n) is 3.68. The lowest BCUT2D eigenvalue weighted by Gasteiger charge is -2.39. The second-order valence-corrected chi connectivity index (χ2v) is 7.77. The van der Waals surface area contributed by atoms with Crippen molar-refractivity contribution in [2.75, 3.05) is 32.6 Å². The summed E-state index contributed by atoms with van der Waals surface area (Å²) in [6, 6.07) is 0. The molecule has 1 aromatic heterocycles. The number of anilines is 1. The molecule has 0 radical (unpaired) electrons. The number of hydrogen-bond donors (Lipinski definition) is 2. The number of rotatable bonds is 5. The van der Waals surface area contributed by atoms with Crippen LogP contribution < -0.4 is 10.2 Å². The summed E-state index contributed by atoms with van der Waals surface area (Å²) in [5.74, 6) is 0. The molecule has 7 heteroatoms. The zero-order valence-electron chi connectivity index (χ0n) is 11.7. The Hall–Kier alpha value is -0.370. The first-order chi connectivity index (χ1) is 9.08. The SMILES string of the molecule is CNC1(CO)CCCC(Sc2nnc(N(C)C)s2)C1. The minimum Gasteiger partial charge on any atom is -0.394 e. The minimum absolute atomic E-state index is 0.106. The van der Waals surface area contributed by atoms with Crippen LogP contribution in [0.15, 0.2) is 4.34 Å². The van der Waals surface area contributed by atoms with E-state index in [1.54, 1.807) is 23.1 Å². The van der Waals surface area contributed by atoms with E-state index in [-0.39, 0.29) is 12.1 Å². The molecule has 0 aromatic carbocycles.